The van der Waals surface area contributed by atoms with Crippen LogP contribution < -0.4 is 5.32 Å². The van der Waals surface area contributed by atoms with E-state index in [4.69, 9.17) is 4.74 Å². The number of carbonyl (C=O) groups is 4. The van der Waals surface area contributed by atoms with Crippen LogP contribution in [0.3, 0.4) is 0 Å². The molecule has 0 radical (unpaired) electrons. The quantitative estimate of drug-likeness (QED) is 0.170. The zero-order valence-electron chi connectivity index (χ0n) is 17.5. The number of hydrogen-bond acceptors (Lipinski definition) is 7. The maximum Gasteiger partial charge on any atom is 0.308 e. The molecular formula is C21H21Br2N3O7. The van der Waals surface area contributed by atoms with E-state index in [9.17, 15) is 29.3 Å². The Bertz CT molecular complexity index is 1020. The second-order valence-corrected chi connectivity index (χ2v) is 10.7. The van der Waals surface area contributed by atoms with Crippen molar-refractivity contribution in [1.29, 1.82) is 0 Å². The number of ether oxygens (including phenoxy) is 1. The average Bonchev–Trinajstić information content (AvgIpc) is 3.37. The monoisotopic (exact) mass is 585 g/mol. The van der Waals surface area contributed by atoms with Crippen LogP contribution in [-0.2, 0) is 23.9 Å². The number of rotatable bonds is 7. The van der Waals surface area contributed by atoms with Crippen molar-refractivity contribution in [2.24, 2.45) is 23.7 Å². The highest BCUT2D eigenvalue weighted by atomic mass is 79.9. The first-order valence-electron chi connectivity index (χ1n) is 10.4. The molecule has 176 valence electrons. The highest BCUT2D eigenvalue weighted by Gasteiger charge is 2.66. The number of fused-ring (bicyclic) bond motifs is 5. The third-order valence-electron chi connectivity index (χ3n) is 6.67. The van der Waals surface area contributed by atoms with Crippen molar-refractivity contribution in [1.82, 2.24) is 4.90 Å². The fraction of sp³-hybridized carbons (Fsp3) is 0.524. The highest BCUT2D eigenvalue weighted by molar-refractivity contribution is 9.12. The van der Waals surface area contributed by atoms with Crippen molar-refractivity contribution in [3.8, 4) is 0 Å². The van der Waals surface area contributed by atoms with E-state index in [0.717, 1.165) is 11.3 Å². The molecule has 0 spiro atoms. The molecule has 4 rings (SSSR count). The fourth-order valence-corrected chi connectivity index (χ4v) is 7.01. The van der Waals surface area contributed by atoms with Gasteiger partial charge in [0.05, 0.1) is 23.2 Å². The number of nitrogens with zero attached hydrogens (tertiary/aromatic N) is 2. The summed E-state index contributed by atoms with van der Waals surface area (Å²) in [6.45, 7) is 0.902. The number of carbonyl (C=O) groups excluding carboxylic acids is 4. The van der Waals surface area contributed by atoms with Crippen LogP contribution in [0.2, 0.25) is 0 Å². The van der Waals surface area contributed by atoms with Crippen LogP contribution in [0.1, 0.15) is 18.4 Å². The van der Waals surface area contributed by atoms with Gasteiger partial charge in [0.15, 0.2) is 6.61 Å². The lowest BCUT2D eigenvalue weighted by Crippen LogP contribution is -2.37. The maximum absolute atomic E-state index is 12.8. The molecule has 12 heteroatoms. The van der Waals surface area contributed by atoms with Crippen molar-refractivity contribution in [3.05, 3.63) is 33.9 Å². The minimum absolute atomic E-state index is 0.0887. The Labute approximate surface area is 205 Å². The van der Waals surface area contributed by atoms with Crippen molar-refractivity contribution in [2.45, 2.75) is 29.4 Å². The maximum atomic E-state index is 12.8. The molecule has 0 aromatic heterocycles. The number of likely N-dealkylation sites (tertiary alicyclic amines) is 1. The molecule has 3 aliphatic rings. The van der Waals surface area contributed by atoms with Crippen LogP contribution in [0.15, 0.2) is 18.2 Å². The van der Waals surface area contributed by atoms with Gasteiger partial charge in [-0.2, -0.15) is 0 Å². The van der Waals surface area contributed by atoms with Gasteiger partial charge in [0.1, 0.15) is 0 Å². The lowest BCUT2D eigenvalue weighted by atomic mass is 9.81. The number of imide groups is 1. The first-order valence-corrected chi connectivity index (χ1v) is 12.3. The highest BCUT2D eigenvalue weighted by Crippen LogP contribution is 2.60. The second kappa shape index (κ2) is 9.13. The van der Waals surface area contributed by atoms with Crippen LogP contribution in [0.4, 0.5) is 11.4 Å². The molecule has 3 amide bonds. The Kier molecular flexibility index (Phi) is 6.59. The van der Waals surface area contributed by atoms with E-state index >= 15 is 0 Å². The molecule has 1 aliphatic heterocycles. The van der Waals surface area contributed by atoms with Gasteiger partial charge in [-0.15, -0.1) is 0 Å². The standard InChI is InChI=1S/C21H21Br2N3O7/c1-9-2-3-10(6-13(9)26(31)32)24-14(27)8-33-15(28)4-5-25-20(29)16-11-7-12(17(16)21(25)30)19(23)18(11)22/h2-3,6,11-12,16-19H,4-5,7-8H2,1H3,(H,24,27)/t11-,12-,16-,17+,18+,19+/m1/s1. The van der Waals surface area contributed by atoms with Crippen LogP contribution in [0, 0.1) is 40.7 Å². The molecule has 1 aromatic rings. The molecule has 1 N–H and O–H groups in total. The molecule has 2 aliphatic carbocycles. The van der Waals surface area contributed by atoms with E-state index in [1.165, 1.54) is 18.2 Å². The van der Waals surface area contributed by atoms with Crippen LogP contribution in [0.25, 0.3) is 0 Å². The summed E-state index contributed by atoms with van der Waals surface area (Å²) in [6, 6.07) is 4.23. The number of aryl methyl sites for hydroxylation is 1. The first kappa shape index (κ1) is 23.8. The van der Waals surface area contributed by atoms with Crippen LogP contribution >= 0.6 is 31.9 Å². The normalized spacial score (nSPS) is 29.8. The van der Waals surface area contributed by atoms with Crippen molar-refractivity contribution >= 4 is 66.9 Å². The molecular weight excluding hydrogens is 566 g/mol. The van der Waals surface area contributed by atoms with Crippen molar-refractivity contribution < 1.29 is 28.8 Å². The summed E-state index contributed by atoms with van der Waals surface area (Å²) < 4.78 is 4.94. The number of nitro groups is 1. The zero-order valence-corrected chi connectivity index (χ0v) is 20.7. The predicted octanol–water partition coefficient (Wildman–Crippen LogP) is 2.55. The lowest BCUT2D eigenvalue weighted by molar-refractivity contribution is -0.385. The van der Waals surface area contributed by atoms with Crippen LogP contribution in [-0.4, -0.2) is 56.3 Å². The summed E-state index contributed by atoms with van der Waals surface area (Å²) >= 11 is 7.25. The van der Waals surface area contributed by atoms with Crippen LogP contribution in [0.5, 0.6) is 0 Å². The summed E-state index contributed by atoms with van der Waals surface area (Å²) in [6.07, 6.45) is 0.610. The third kappa shape index (κ3) is 4.30. The minimum atomic E-state index is -0.725. The molecule has 3 fully saturated rings. The summed E-state index contributed by atoms with van der Waals surface area (Å²) in [4.78, 5) is 61.7. The number of esters is 1. The molecule has 1 aromatic carbocycles. The molecule has 33 heavy (non-hydrogen) atoms. The van der Waals surface area contributed by atoms with E-state index in [0.29, 0.717) is 5.56 Å². The predicted molar refractivity (Wildman–Crippen MR) is 123 cm³/mol. The molecule has 10 nitrogen and oxygen atoms in total. The number of anilines is 1. The van der Waals surface area contributed by atoms with Crippen molar-refractivity contribution in [3.63, 3.8) is 0 Å². The number of amides is 3. The van der Waals surface area contributed by atoms with Gasteiger partial charge in [-0.1, -0.05) is 37.9 Å². The van der Waals surface area contributed by atoms with Gasteiger partial charge in [-0.3, -0.25) is 34.2 Å². The SMILES string of the molecule is Cc1ccc(NC(=O)COC(=O)CCN2C(=O)[C@@H]3[C@H]4C[C@@H]([C@H](Br)[C@H]4Br)[C@@H]3C2=O)cc1[N+](=O)[O-]. The van der Waals surface area contributed by atoms with E-state index in [1.807, 2.05) is 0 Å². The largest absolute Gasteiger partial charge is 0.456 e. The fourth-order valence-electron chi connectivity index (χ4n) is 5.13. The Morgan fingerprint density at radius 2 is 1.79 bits per heavy atom. The first-order chi connectivity index (χ1) is 15.6. The summed E-state index contributed by atoms with van der Waals surface area (Å²) in [5, 5.41) is 13.4. The molecule has 0 unspecified atom stereocenters. The number of hydrogen-bond donors (Lipinski definition) is 1. The van der Waals surface area contributed by atoms with E-state index in [-0.39, 0.29) is 69.5 Å². The number of nitro benzene ring substituents is 1. The number of halogens is 2. The molecule has 6 atom stereocenters. The minimum Gasteiger partial charge on any atom is -0.456 e. The van der Waals surface area contributed by atoms with Gasteiger partial charge < -0.3 is 10.1 Å². The van der Waals surface area contributed by atoms with E-state index in [1.54, 1.807) is 6.92 Å². The number of nitrogens with one attached hydrogen (secondary N) is 1. The van der Waals surface area contributed by atoms with Gasteiger partial charge in [0.25, 0.3) is 11.6 Å². The summed E-state index contributed by atoms with van der Waals surface area (Å²) in [7, 11) is 0. The summed E-state index contributed by atoms with van der Waals surface area (Å²) in [5.74, 6) is -2.37. The second-order valence-electron chi connectivity index (χ2n) is 8.55. The van der Waals surface area contributed by atoms with Gasteiger partial charge in [0.2, 0.25) is 11.8 Å². The van der Waals surface area contributed by atoms with Gasteiger partial charge in [0, 0.05) is 33.5 Å². The van der Waals surface area contributed by atoms with Gasteiger partial charge >= 0.3 is 5.97 Å². The molecule has 2 saturated carbocycles. The Morgan fingerprint density at radius 3 is 2.36 bits per heavy atom. The number of benzene rings is 1. The zero-order chi connectivity index (χ0) is 24.0. The molecule has 1 heterocycles. The molecule has 2 bridgehead atoms. The average molecular weight is 587 g/mol. The van der Waals surface area contributed by atoms with Crippen molar-refractivity contribution in [2.75, 3.05) is 18.5 Å². The topological polar surface area (TPSA) is 136 Å². The van der Waals surface area contributed by atoms with E-state index in [2.05, 4.69) is 37.2 Å². The Hall–Kier alpha value is -2.34. The third-order valence-corrected chi connectivity index (χ3v) is 9.88. The smallest absolute Gasteiger partial charge is 0.308 e. The van der Waals surface area contributed by atoms with Gasteiger partial charge in [-0.25, -0.2) is 0 Å². The number of alkyl halides is 2. The van der Waals surface area contributed by atoms with Gasteiger partial charge in [-0.05, 0) is 31.2 Å². The Morgan fingerprint density at radius 1 is 1.18 bits per heavy atom. The molecule has 1 saturated heterocycles. The summed E-state index contributed by atoms with van der Waals surface area (Å²) in [5.41, 5.74) is 0.518. The Balaban J connectivity index is 1.26. The van der Waals surface area contributed by atoms with E-state index < -0.39 is 23.4 Å². The lowest BCUT2D eigenvalue weighted by Gasteiger charge is -2.28.